The maximum absolute atomic E-state index is 5.40. The van der Waals surface area contributed by atoms with E-state index in [1.54, 1.807) is 0 Å². The second-order valence-electron chi connectivity index (χ2n) is 3.53. The van der Waals surface area contributed by atoms with Crippen LogP contribution in [0.4, 0.5) is 0 Å². The van der Waals surface area contributed by atoms with Gasteiger partial charge in [0, 0.05) is 0 Å². The van der Waals surface area contributed by atoms with E-state index in [9.17, 15) is 0 Å². The van der Waals surface area contributed by atoms with Gasteiger partial charge in [0.1, 0.15) is 0 Å². The van der Waals surface area contributed by atoms with Crippen molar-refractivity contribution in [1.29, 1.82) is 0 Å². The molecule has 0 aromatic rings. The minimum atomic E-state index is 0.863. The third kappa shape index (κ3) is 7.86. The monoisotopic (exact) mass is 157 g/mol. The largest absolute Gasteiger partial charge is 0.330 e. The molecule has 0 amide bonds. The summed E-state index contributed by atoms with van der Waals surface area (Å²) in [7, 11) is 0. The first-order chi connectivity index (χ1) is 5.31. The molecule has 0 bridgehead atoms. The summed E-state index contributed by atoms with van der Waals surface area (Å²) >= 11 is 0. The van der Waals surface area contributed by atoms with Crippen LogP contribution in [0.15, 0.2) is 0 Å². The van der Waals surface area contributed by atoms with Crippen LogP contribution in [-0.4, -0.2) is 6.54 Å². The van der Waals surface area contributed by atoms with Crippen molar-refractivity contribution in [2.24, 2.45) is 11.7 Å². The van der Waals surface area contributed by atoms with Gasteiger partial charge in [-0.1, -0.05) is 46.0 Å². The molecule has 0 spiro atoms. The van der Waals surface area contributed by atoms with Crippen LogP contribution >= 0.6 is 0 Å². The molecule has 2 N–H and O–H groups in total. The molecule has 0 rings (SSSR count). The fourth-order valence-corrected chi connectivity index (χ4v) is 1.45. The molecule has 0 aliphatic heterocycles. The van der Waals surface area contributed by atoms with E-state index in [1.165, 1.54) is 38.5 Å². The first-order valence-corrected chi connectivity index (χ1v) is 5.01. The summed E-state index contributed by atoms with van der Waals surface area (Å²) in [6, 6.07) is 0. The molecule has 68 valence electrons. The van der Waals surface area contributed by atoms with Crippen LogP contribution in [0.1, 0.15) is 52.4 Å². The molecule has 0 aromatic carbocycles. The van der Waals surface area contributed by atoms with Gasteiger partial charge in [0.25, 0.3) is 0 Å². The van der Waals surface area contributed by atoms with Gasteiger partial charge in [-0.05, 0) is 18.9 Å². The molecule has 0 fully saturated rings. The lowest BCUT2D eigenvalue weighted by atomic mass is 9.99. The third-order valence-electron chi connectivity index (χ3n) is 2.18. The molecule has 1 heteroatoms. The predicted molar refractivity (Wildman–Crippen MR) is 51.6 cm³/mol. The van der Waals surface area contributed by atoms with E-state index in [4.69, 9.17) is 5.73 Å². The Morgan fingerprint density at radius 1 is 1.09 bits per heavy atom. The minimum Gasteiger partial charge on any atom is -0.330 e. The summed E-state index contributed by atoms with van der Waals surface area (Å²) in [5, 5.41) is 0. The summed E-state index contributed by atoms with van der Waals surface area (Å²) in [4.78, 5) is 0. The molecule has 0 heterocycles. The second-order valence-corrected chi connectivity index (χ2v) is 3.53. The predicted octanol–water partition coefficient (Wildman–Crippen LogP) is 2.94. The first-order valence-electron chi connectivity index (χ1n) is 5.01. The van der Waals surface area contributed by atoms with E-state index in [-0.39, 0.29) is 0 Å². The van der Waals surface area contributed by atoms with Crippen molar-refractivity contribution in [3.8, 4) is 0 Å². The summed E-state index contributed by atoms with van der Waals surface area (Å²) in [5.41, 5.74) is 5.40. The van der Waals surface area contributed by atoms with Crippen molar-refractivity contribution in [2.75, 3.05) is 6.54 Å². The summed E-state index contributed by atoms with van der Waals surface area (Å²) in [5.74, 6) is 0.928. The lowest BCUT2D eigenvalue weighted by Gasteiger charge is -2.08. The third-order valence-corrected chi connectivity index (χ3v) is 2.18. The zero-order chi connectivity index (χ0) is 8.53. The van der Waals surface area contributed by atoms with Gasteiger partial charge in [0.2, 0.25) is 0 Å². The molecule has 0 saturated carbocycles. The molecule has 0 saturated heterocycles. The highest BCUT2D eigenvalue weighted by Crippen LogP contribution is 2.13. The topological polar surface area (TPSA) is 26.0 Å². The summed E-state index contributed by atoms with van der Waals surface area (Å²) < 4.78 is 0. The lowest BCUT2D eigenvalue weighted by Crippen LogP contribution is -1.99. The fraction of sp³-hybridized carbons (Fsp3) is 1.00. The SMILES string of the molecule is CCC[C@H](C)CCCCCN. The number of nitrogens with two attached hydrogens (primary N) is 1. The van der Waals surface area contributed by atoms with Crippen LogP contribution in [0.2, 0.25) is 0 Å². The number of rotatable bonds is 7. The highest BCUT2D eigenvalue weighted by molar-refractivity contribution is 4.52. The Bertz CT molecular complexity index is 71.3. The molecule has 11 heavy (non-hydrogen) atoms. The van der Waals surface area contributed by atoms with E-state index in [2.05, 4.69) is 13.8 Å². The molecular formula is C10H23N. The molecule has 0 aromatic heterocycles. The van der Waals surface area contributed by atoms with Crippen molar-refractivity contribution in [2.45, 2.75) is 52.4 Å². The molecular weight excluding hydrogens is 134 g/mol. The van der Waals surface area contributed by atoms with Crippen LogP contribution in [0.5, 0.6) is 0 Å². The highest BCUT2D eigenvalue weighted by Gasteiger charge is 1.98. The Morgan fingerprint density at radius 3 is 2.36 bits per heavy atom. The van der Waals surface area contributed by atoms with Gasteiger partial charge in [0.15, 0.2) is 0 Å². The van der Waals surface area contributed by atoms with Crippen molar-refractivity contribution in [3.05, 3.63) is 0 Å². The quantitative estimate of drug-likeness (QED) is 0.565. The van der Waals surface area contributed by atoms with E-state index in [0.717, 1.165) is 12.5 Å². The smallest absolute Gasteiger partial charge is 0.00773 e. The highest BCUT2D eigenvalue weighted by atomic mass is 14.5. The normalized spacial score (nSPS) is 13.4. The molecule has 1 atom stereocenters. The number of hydrogen-bond acceptors (Lipinski definition) is 1. The molecule has 0 aliphatic carbocycles. The second kappa shape index (κ2) is 8.06. The zero-order valence-corrected chi connectivity index (χ0v) is 8.10. The summed E-state index contributed by atoms with van der Waals surface area (Å²) in [6.07, 6.45) is 8.02. The van der Waals surface area contributed by atoms with Gasteiger partial charge < -0.3 is 5.73 Å². The van der Waals surface area contributed by atoms with Crippen LogP contribution in [-0.2, 0) is 0 Å². The zero-order valence-electron chi connectivity index (χ0n) is 8.10. The Kier molecular flexibility index (Phi) is 8.03. The molecule has 1 nitrogen and oxygen atoms in total. The van der Waals surface area contributed by atoms with Crippen molar-refractivity contribution in [3.63, 3.8) is 0 Å². The van der Waals surface area contributed by atoms with Gasteiger partial charge in [-0.2, -0.15) is 0 Å². The van der Waals surface area contributed by atoms with E-state index in [1.807, 2.05) is 0 Å². The van der Waals surface area contributed by atoms with Crippen LogP contribution in [0, 0.1) is 5.92 Å². The van der Waals surface area contributed by atoms with Crippen LogP contribution in [0.25, 0.3) is 0 Å². The Balaban J connectivity index is 2.97. The van der Waals surface area contributed by atoms with E-state index in [0.29, 0.717) is 0 Å². The lowest BCUT2D eigenvalue weighted by molar-refractivity contribution is 0.457. The van der Waals surface area contributed by atoms with Crippen molar-refractivity contribution >= 4 is 0 Å². The van der Waals surface area contributed by atoms with Crippen molar-refractivity contribution in [1.82, 2.24) is 0 Å². The Morgan fingerprint density at radius 2 is 1.82 bits per heavy atom. The first kappa shape index (κ1) is 11.0. The summed E-state index contributed by atoms with van der Waals surface area (Å²) in [6.45, 7) is 5.48. The van der Waals surface area contributed by atoms with Gasteiger partial charge >= 0.3 is 0 Å². The van der Waals surface area contributed by atoms with Crippen LogP contribution < -0.4 is 5.73 Å². The number of hydrogen-bond donors (Lipinski definition) is 1. The Hall–Kier alpha value is -0.0400. The van der Waals surface area contributed by atoms with E-state index >= 15 is 0 Å². The maximum Gasteiger partial charge on any atom is -0.00773 e. The van der Waals surface area contributed by atoms with Gasteiger partial charge in [-0.3, -0.25) is 0 Å². The maximum atomic E-state index is 5.40. The average molecular weight is 157 g/mol. The Labute approximate surface area is 71.4 Å². The molecule has 0 unspecified atom stereocenters. The number of unbranched alkanes of at least 4 members (excludes halogenated alkanes) is 2. The fourth-order valence-electron chi connectivity index (χ4n) is 1.45. The average Bonchev–Trinajstić information content (AvgIpc) is 1.99. The van der Waals surface area contributed by atoms with Gasteiger partial charge in [-0.25, -0.2) is 0 Å². The van der Waals surface area contributed by atoms with Gasteiger partial charge in [-0.15, -0.1) is 0 Å². The molecule has 0 radical (unpaired) electrons. The van der Waals surface area contributed by atoms with Crippen molar-refractivity contribution < 1.29 is 0 Å². The van der Waals surface area contributed by atoms with E-state index < -0.39 is 0 Å². The minimum absolute atomic E-state index is 0.863. The van der Waals surface area contributed by atoms with Crippen LogP contribution in [0.3, 0.4) is 0 Å². The standard InChI is InChI=1S/C10H23N/c1-3-7-10(2)8-5-4-6-9-11/h10H,3-9,11H2,1-2H3/t10-/m0/s1. The van der Waals surface area contributed by atoms with Gasteiger partial charge in [0.05, 0.1) is 0 Å². The molecule has 0 aliphatic rings.